The lowest BCUT2D eigenvalue weighted by atomic mass is 10.1. The maximum Gasteiger partial charge on any atom is 0.255 e. The van der Waals surface area contributed by atoms with Crippen LogP contribution in [0, 0.1) is 13.8 Å². The zero-order chi connectivity index (χ0) is 22.7. The summed E-state index contributed by atoms with van der Waals surface area (Å²) in [4.78, 5) is 12.9. The first-order chi connectivity index (χ1) is 15.4. The van der Waals surface area contributed by atoms with Crippen molar-refractivity contribution in [3.63, 3.8) is 0 Å². The number of aryl methyl sites for hydroxylation is 1. The van der Waals surface area contributed by atoms with Crippen LogP contribution in [0.4, 0.5) is 5.69 Å². The fourth-order valence-electron chi connectivity index (χ4n) is 3.83. The Labute approximate surface area is 187 Å². The highest BCUT2D eigenvalue weighted by Crippen LogP contribution is 2.25. The molecule has 0 spiro atoms. The van der Waals surface area contributed by atoms with Gasteiger partial charge in [-0.05, 0) is 43.7 Å². The number of sulfonamides is 1. The Morgan fingerprint density at radius 3 is 2.50 bits per heavy atom. The van der Waals surface area contributed by atoms with E-state index in [4.69, 9.17) is 4.74 Å². The molecule has 4 rings (SSSR count). The molecule has 1 amide bonds. The summed E-state index contributed by atoms with van der Waals surface area (Å²) in [6, 6.07) is 16.5. The summed E-state index contributed by atoms with van der Waals surface area (Å²) < 4.78 is 34.8. The number of morpholine rings is 1. The first-order valence-electron chi connectivity index (χ1n) is 10.4. The van der Waals surface area contributed by atoms with Crippen LogP contribution >= 0.6 is 0 Å². The second kappa shape index (κ2) is 9.23. The molecule has 0 bridgehead atoms. The number of ether oxygens (including phenoxy) is 1. The van der Waals surface area contributed by atoms with Crippen molar-refractivity contribution < 1.29 is 17.9 Å². The van der Waals surface area contributed by atoms with Crippen molar-refractivity contribution in [2.75, 3.05) is 31.6 Å². The SMILES string of the molecule is Cc1nn(Cc2cccc(C(=O)Nc3ccccc3)c2)c(C)c1S(=O)(=O)N1CCOCC1. The quantitative estimate of drug-likeness (QED) is 0.618. The van der Waals surface area contributed by atoms with E-state index in [1.807, 2.05) is 42.5 Å². The van der Waals surface area contributed by atoms with Gasteiger partial charge in [-0.25, -0.2) is 8.42 Å². The third-order valence-corrected chi connectivity index (χ3v) is 7.59. The smallest absolute Gasteiger partial charge is 0.255 e. The van der Waals surface area contributed by atoms with E-state index >= 15 is 0 Å². The molecule has 1 aromatic heterocycles. The van der Waals surface area contributed by atoms with Crippen molar-refractivity contribution in [3.05, 3.63) is 77.1 Å². The first-order valence-corrected chi connectivity index (χ1v) is 11.9. The van der Waals surface area contributed by atoms with Crippen molar-refractivity contribution in [2.24, 2.45) is 0 Å². The first kappa shape index (κ1) is 22.2. The summed E-state index contributed by atoms with van der Waals surface area (Å²) in [6.07, 6.45) is 0. The minimum absolute atomic E-state index is 0.206. The van der Waals surface area contributed by atoms with Gasteiger partial charge < -0.3 is 10.1 Å². The van der Waals surface area contributed by atoms with Gasteiger partial charge in [0.15, 0.2) is 0 Å². The van der Waals surface area contributed by atoms with Crippen molar-refractivity contribution >= 4 is 21.6 Å². The third kappa shape index (κ3) is 4.59. The summed E-state index contributed by atoms with van der Waals surface area (Å²) >= 11 is 0. The van der Waals surface area contributed by atoms with E-state index in [2.05, 4.69) is 10.4 Å². The summed E-state index contributed by atoms with van der Waals surface area (Å²) in [6.45, 7) is 5.29. The molecule has 32 heavy (non-hydrogen) atoms. The zero-order valence-electron chi connectivity index (χ0n) is 18.1. The number of rotatable bonds is 6. The van der Waals surface area contributed by atoms with Crippen molar-refractivity contribution in [1.82, 2.24) is 14.1 Å². The van der Waals surface area contributed by atoms with E-state index in [0.717, 1.165) is 11.3 Å². The largest absolute Gasteiger partial charge is 0.379 e. The molecule has 2 heterocycles. The number of hydrogen-bond donors (Lipinski definition) is 1. The molecule has 0 unspecified atom stereocenters. The Balaban J connectivity index is 1.56. The average Bonchev–Trinajstić information content (AvgIpc) is 3.08. The number of nitrogens with zero attached hydrogens (tertiary/aromatic N) is 3. The van der Waals surface area contributed by atoms with Gasteiger partial charge in [-0.15, -0.1) is 0 Å². The molecule has 1 saturated heterocycles. The summed E-state index contributed by atoms with van der Waals surface area (Å²) in [5, 5.41) is 7.36. The van der Waals surface area contributed by atoms with Gasteiger partial charge in [0.2, 0.25) is 10.0 Å². The van der Waals surface area contributed by atoms with Crippen LogP contribution in [-0.4, -0.2) is 54.7 Å². The number of amides is 1. The molecule has 1 fully saturated rings. The van der Waals surface area contributed by atoms with E-state index < -0.39 is 10.0 Å². The van der Waals surface area contributed by atoms with Gasteiger partial charge in [0, 0.05) is 24.3 Å². The normalized spacial score (nSPS) is 14.9. The standard InChI is InChI=1S/C23H26N4O4S/c1-17-22(32(29,30)26-11-13-31-14-12-26)18(2)27(25-17)16-19-7-6-8-20(15-19)23(28)24-21-9-4-3-5-10-21/h3-10,15H,11-14,16H2,1-2H3,(H,24,28). The Morgan fingerprint density at radius 2 is 1.78 bits per heavy atom. The lowest BCUT2D eigenvalue weighted by Gasteiger charge is -2.26. The van der Waals surface area contributed by atoms with Gasteiger partial charge in [-0.1, -0.05) is 30.3 Å². The Morgan fingerprint density at radius 1 is 1.06 bits per heavy atom. The molecule has 0 atom stereocenters. The van der Waals surface area contributed by atoms with Gasteiger partial charge >= 0.3 is 0 Å². The van der Waals surface area contributed by atoms with E-state index in [1.54, 1.807) is 30.7 Å². The summed E-state index contributed by atoms with van der Waals surface area (Å²) in [5.41, 5.74) is 3.14. The van der Waals surface area contributed by atoms with Gasteiger partial charge in [-0.3, -0.25) is 9.48 Å². The molecule has 0 saturated carbocycles. The molecule has 2 aromatic carbocycles. The average molecular weight is 455 g/mol. The monoisotopic (exact) mass is 454 g/mol. The number of aromatic nitrogens is 2. The number of benzene rings is 2. The minimum atomic E-state index is -3.65. The molecule has 3 aromatic rings. The fraction of sp³-hybridized carbons (Fsp3) is 0.304. The van der Waals surface area contributed by atoms with E-state index in [0.29, 0.717) is 49.8 Å². The van der Waals surface area contributed by atoms with Crippen LogP contribution < -0.4 is 5.32 Å². The molecule has 1 aliphatic heterocycles. The zero-order valence-corrected chi connectivity index (χ0v) is 18.9. The number of para-hydroxylation sites is 1. The predicted octanol–water partition coefficient (Wildman–Crippen LogP) is 2.82. The van der Waals surface area contributed by atoms with Gasteiger partial charge in [0.1, 0.15) is 4.90 Å². The highest BCUT2D eigenvalue weighted by atomic mass is 32.2. The second-order valence-electron chi connectivity index (χ2n) is 7.69. The number of carbonyl (C=O) groups excluding carboxylic acids is 1. The highest BCUT2D eigenvalue weighted by molar-refractivity contribution is 7.89. The van der Waals surface area contributed by atoms with Gasteiger partial charge in [0.05, 0.1) is 31.1 Å². The fourth-order valence-corrected chi connectivity index (χ4v) is 5.61. The van der Waals surface area contributed by atoms with Gasteiger partial charge in [-0.2, -0.15) is 9.40 Å². The summed E-state index contributed by atoms with van der Waals surface area (Å²) in [7, 11) is -3.65. The van der Waals surface area contributed by atoms with Crippen molar-refractivity contribution in [3.8, 4) is 0 Å². The van der Waals surface area contributed by atoms with E-state index in [1.165, 1.54) is 4.31 Å². The van der Waals surface area contributed by atoms with Crippen molar-refractivity contribution in [2.45, 2.75) is 25.3 Å². The Kier molecular flexibility index (Phi) is 6.40. The topological polar surface area (TPSA) is 93.5 Å². The third-order valence-electron chi connectivity index (χ3n) is 5.44. The molecule has 168 valence electrons. The van der Waals surface area contributed by atoms with Gasteiger partial charge in [0.25, 0.3) is 5.91 Å². The molecule has 8 nitrogen and oxygen atoms in total. The number of carbonyl (C=O) groups is 1. The summed E-state index contributed by atoms with van der Waals surface area (Å²) in [5.74, 6) is -0.206. The molecular formula is C23H26N4O4S. The van der Waals surface area contributed by atoms with Crippen LogP contribution in [-0.2, 0) is 21.3 Å². The maximum absolute atomic E-state index is 13.2. The van der Waals surface area contributed by atoms with Crippen molar-refractivity contribution in [1.29, 1.82) is 0 Å². The molecule has 0 radical (unpaired) electrons. The molecule has 1 aliphatic rings. The highest BCUT2D eigenvalue weighted by Gasteiger charge is 2.32. The number of anilines is 1. The van der Waals surface area contributed by atoms with Crippen LogP contribution in [0.1, 0.15) is 27.3 Å². The number of nitrogens with one attached hydrogen (secondary N) is 1. The van der Waals surface area contributed by atoms with Crippen LogP contribution in [0.5, 0.6) is 0 Å². The molecular weight excluding hydrogens is 428 g/mol. The Bertz CT molecular complexity index is 1220. The lowest BCUT2D eigenvalue weighted by Crippen LogP contribution is -2.41. The van der Waals surface area contributed by atoms with E-state index in [-0.39, 0.29) is 10.8 Å². The maximum atomic E-state index is 13.2. The minimum Gasteiger partial charge on any atom is -0.379 e. The lowest BCUT2D eigenvalue weighted by molar-refractivity contribution is 0.0730. The van der Waals surface area contributed by atoms with Crippen LogP contribution in [0.25, 0.3) is 0 Å². The molecule has 9 heteroatoms. The molecule has 0 aliphatic carbocycles. The molecule has 1 N–H and O–H groups in total. The number of hydrogen-bond acceptors (Lipinski definition) is 5. The van der Waals surface area contributed by atoms with E-state index in [9.17, 15) is 13.2 Å². The Hall–Kier alpha value is -3.01. The van der Waals surface area contributed by atoms with Crippen LogP contribution in [0.2, 0.25) is 0 Å². The van der Waals surface area contributed by atoms with Crippen LogP contribution in [0.3, 0.4) is 0 Å². The predicted molar refractivity (Wildman–Crippen MR) is 121 cm³/mol. The second-order valence-corrected chi connectivity index (χ2v) is 9.57. The van der Waals surface area contributed by atoms with Crippen LogP contribution in [0.15, 0.2) is 59.5 Å².